The summed E-state index contributed by atoms with van der Waals surface area (Å²) >= 11 is 0. The molecule has 1 aliphatic carbocycles. The smallest absolute Gasteiger partial charge is 0.308 e. The molecule has 0 unspecified atom stereocenters. The summed E-state index contributed by atoms with van der Waals surface area (Å²) in [7, 11) is 0. The van der Waals surface area contributed by atoms with Gasteiger partial charge in [0.1, 0.15) is 0 Å². The molecule has 0 bridgehead atoms. The maximum Gasteiger partial charge on any atom is 0.308 e. The monoisotopic (exact) mass is 267 g/mol. The maximum absolute atomic E-state index is 12.7. The van der Waals surface area contributed by atoms with Crippen LogP contribution >= 0.6 is 0 Å². The number of carboxylic acid groups (broad SMARTS) is 1. The molecule has 0 aromatic carbocycles. The predicted octanol–water partition coefficient (Wildman–Crippen LogP) is 2.38. The van der Waals surface area contributed by atoms with Crippen molar-refractivity contribution in [1.29, 1.82) is 0 Å². The summed E-state index contributed by atoms with van der Waals surface area (Å²) in [6.45, 7) is 11.1. The zero-order valence-electron chi connectivity index (χ0n) is 12.6. The van der Waals surface area contributed by atoms with Crippen LogP contribution in [0.4, 0.5) is 0 Å². The average molecular weight is 267 g/mol. The molecule has 0 radical (unpaired) electrons. The zero-order valence-corrected chi connectivity index (χ0v) is 12.6. The first-order valence-electron chi connectivity index (χ1n) is 7.15. The number of hydrogen-bond donors (Lipinski definition) is 1. The quantitative estimate of drug-likeness (QED) is 0.835. The first kappa shape index (κ1) is 14.4. The highest BCUT2D eigenvalue weighted by Crippen LogP contribution is 2.69. The number of carbonyl (C=O) groups excluding carboxylic acids is 1. The average Bonchev–Trinajstić information content (AvgIpc) is 2.68. The lowest BCUT2D eigenvalue weighted by atomic mass is 9.89. The van der Waals surface area contributed by atoms with Gasteiger partial charge in [-0.05, 0) is 30.6 Å². The van der Waals surface area contributed by atoms with Gasteiger partial charge in [0, 0.05) is 18.5 Å². The molecule has 0 aromatic heterocycles. The Morgan fingerprint density at radius 2 is 1.68 bits per heavy atom. The first-order chi connectivity index (χ1) is 8.62. The summed E-state index contributed by atoms with van der Waals surface area (Å²) in [6.07, 6.45) is 1.47. The number of likely N-dealkylation sites (tertiary alicyclic amines) is 1. The van der Waals surface area contributed by atoms with Crippen molar-refractivity contribution in [3.63, 3.8) is 0 Å². The van der Waals surface area contributed by atoms with Crippen LogP contribution in [0.1, 0.15) is 47.5 Å². The van der Waals surface area contributed by atoms with Crippen LogP contribution < -0.4 is 0 Å². The molecule has 1 amide bonds. The summed E-state index contributed by atoms with van der Waals surface area (Å²) in [5.74, 6) is -1.02. The van der Waals surface area contributed by atoms with E-state index in [1.54, 1.807) is 0 Å². The van der Waals surface area contributed by atoms with E-state index >= 15 is 0 Å². The number of hydrogen-bond acceptors (Lipinski definition) is 2. The molecule has 1 saturated heterocycles. The second kappa shape index (κ2) is 4.22. The molecule has 4 heteroatoms. The number of nitrogens with zero attached hydrogens (tertiary/aromatic N) is 1. The molecule has 0 aromatic rings. The summed E-state index contributed by atoms with van der Waals surface area (Å²) in [6, 6.07) is -0.189. The molecular formula is C15H25NO3. The minimum Gasteiger partial charge on any atom is -0.481 e. The molecule has 2 aliphatic rings. The van der Waals surface area contributed by atoms with E-state index in [-0.39, 0.29) is 28.7 Å². The van der Waals surface area contributed by atoms with Crippen LogP contribution in [0.25, 0.3) is 0 Å². The predicted molar refractivity (Wildman–Crippen MR) is 72.6 cm³/mol. The van der Waals surface area contributed by atoms with Gasteiger partial charge in [-0.2, -0.15) is 0 Å². The van der Waals surface area contributed by atoms with Crippen molar-refractivity contribution in [3.05, 3.63) is 0 Å². The van der Waals surface area contributed by atoms with Crippen molar-refractivity contribution in [1.82, 2.24) is 4.90 Å². The second-order valence-electron chi connectivity index (χ2n) is 7.24. The largest absolute Gasteiger partial charge is 0.481 e. The third kappa shape index (κ3) is 1.96. The molecular weight excluding hydrogens is 242 g/mol. The number of amides is 1. The van der Waals surface area contributed by atoms with E-state index in [4.69, 9.17) is 0 Å². The fourth-order valence-electron chi connectivity index (χ4n) is 3.76. The molecule has 0 spiro atoms. The summed E-state index contributed by atoms with van der Waals surface area (Å²) in [5.41, 5.74) is 0.0277. The van der Waals surface area contributed by atoms with Crippen molar-refractivity contribution in [2.24, 2.45) is 22.7 Å². The van der Waals surface area contributed by atoms with Gasteiger partial charge in [0.2, 0.25) is 5.91 Å². The molecule has 1 heterocycles. The van der Waals surface area contributed by atoms with E-state index in [0.29, 0.717) is 13.0 Å². The first-order valence-corrected chi connectivity index (χ1v) is 7.15. The number of carbonyl (C=O) groups is 2. The third-order valence-electron chi connectivity index (χ3n) is 5.86. The highest BCUT2D eigenvalue weighted by Gasteiger charge is 2.69. The Morgan fingerprint density at radius 1 is 1.16 bits per heavy atom. The van der Waals surface area contributed by atoms with E-state index in [2.05, 4.69) is 27.7 Å². The van der Waals surface area contributed by atoms with Gasteiger partial charge < -0.3 is 10.0 Å². The molecule has 4 nitrogen and oxygen atoms in total. The van der Waals surface area contributed by atoms with E-state index in [0.717, 1.165) is 6.42 Å². The maximum atomic E-state index is 12.7. The molecule has 19 heavy (non-hydrogen) atoms. The van der Waals surface area contributed by atoms with Gasteiger partial charge in [-0.25, -0.2) is 0 Å². The van der Waals surface area contributed by atoms with Crippen LogP contribution in [0.5, 0.6) is 0 Å². The standard InChI is InChI=1S/C15H25NO3/c1-9-10(13(18)19)7-6-8-16(9)12(17)11-14(2,3)15(11,4)5/h9-11H,6-8H2,1-5H3,(H,18,19)/t9-,10-/m1/s1. The van der Waals surface area contributed by atoms with Gasteiger partial charge in [-0.3, -0.25) is 9.59 Å². The van der Waals surface area contributed by atoms with Gasteiger partial charge in [0.25, 0.3) is 0 Å². The van der Waals surface area contributed by atoms with Crippen LogP contribution in [-0.2, 0) is 9.59 Å². The SMILES string of the molecule is C[C@@H]1[C@H](C(=O)O)CCCN1C(=O)C1C(C)(C)C1(C)C. The van der Waals surface area contributed by atoms with Crippen LogP contribution in [0.15, 0.2) is 0 Å². The lowest BCUT2D eigenvalue weighted by Crippen LogP contribution is -2.50. The third-order valence-corrected chi connectivity index (χ3v) is 5.86. The lowest BCUT2D eigenvalue weighted by molar-refractivity contribution is -0.149. The van der Waals surface area contributed by atoms with Crippen LogP contribution in [0, 0.1) is 22.7 Å². The van der Waals surface area contributed by atoms with E-state index < -0.39 is 11.9 Å². The van der Waals surface area contributed by atoms with Gasteiger partial charge >= 0.3 is 5.97 Å². The van der Waals surface area contributed by atoms with Crippen LogP contribution in [0.2, 0.25) is 0 Å². The summed E-state index contributed by atoms with van der Waals surface area (Å²) < 4.78 is 0. The van der Waals surface area contributed by atoms with E-state index in [9.17, 15) is 14.7 Å². The second-order valence-corrected chi connectivity index (χ2v) is 7.24. The Labute approximate surface area is 115 Å². The highest BCUT2D eigenvalue weighted by atomic mass is 16.4. The van der Waals surface area contributed by atoms with E-state index in [1.165, 1.54) is 0 Å². The fraction of sp³-hybridized carbons (Fsp3) is 0.867. The van der Waals surface area contributed by atoms with Crippen molar-refractivity contribution < 1.29 is 14.7 Å². The minimum absolute atomic E-state index is 0.0139. The summed E-state index contributed by atoms with van der Waals surface area (Å²) in [4.78, 5) is 25.7. The molecule has 1 aliphatic heterocycles. The Morgan fingerprint density at radius 3 is 2.11 bits per heavy atom. The van der Waals surface area contributed by atoms with Crippen LogP contribution in [-0.4, -0.2) is 34.5 Å². The van der Waals surface area contributed by atoms with Gasteiger partial charge in [-0.1, -0.05) is 27.7 Å². The zero-order chi connectivity index (χ0) is 14.6. The Hall–Kier alpha value is -1.06. The minimum atomic E-state index is -0.778. The number of piperidine rings is 1. The van der Waals surface area contributed by atoms with Gasteiger partial charge in [0.05, 0.1) is 5.92 Å². The highest BCUT2D eigenvalue weighted by molar-refractivity contribution is 5.85. The van der Waals surface area contributed by atoms with Crippen LogP contribution in [0.3, 0.4) is 0 Å². The molecule has 1 N–H and O–H groups in total. The fourth-order valence-corrected chi connectivity index (χ4v) is 3.76. The molecule has 2 fully saturated rings. The van der Waals surface area contributed by atoms with Crippen molar-refractivity contribution >= 4 is 11.9 Å². The Balaban J connectivity index is 2.15. The van der Waals surface area contributed by atoms with Gasteiger partial charge in [-0.15, -0.1) is 0 Å². The Bertz CT molecular complexity index is 400. The van der Waals surface area contributed by atoms with E-state index in [1.807, 2.05) is 11.8 Å². The van der Waals surface area contributed by atoms with Crippen molar-refractivity contribution in [2.75, 3.05) is 6.54 Å². The molecule has 108 valence electrons. The molecule has 2 rings (SSSR count). The molecule has 1 saturated carbocycles. The summed E-state index contributed by atoms with van der Waals surface area (Å²) in [5, 5.41) is 9.23. The lowest BCUT2D eigenvalue weighted by Gasteiger charge is -2.38. The topological polar surface area (TPSA) is 57.6 Å². The number of carboxylic acids is 1. The molecule has 2 atom stereocenters. The van der Waals surface area contributed by atoms with Gasteiger partial charge in [0.15, 0.2) is 0 Å². The van der Waals surface area contributed by atoms with Crippen molar-refractivity contribution in [3.8, 4) is 0 Å². The Kier molecular flexibility index (Phi) is 3.19. The number of rotatable bonds is 2. The normalized spacial score (nSPS) is 33.0. The number of aliphatic carboxylic acids is 1. The van der Waals surface area contributed by atoms with Crippen molar-refractivity contribution in [2.45, 2.75) is 53.5 Å².